The summed E-state index contributed by atoms with van der Waals surface area (Å²) in [7, 11) is 0. The Labute approximate surface area is 51.7 Å². The van der Waals surface area contributed by atoms with Crippen molar-refractivity contribution in [2.24, 2.45) is 0 Å². The maximum atomic E-state index is 11.6. The van der Waals surface area contributed by atoms with Gasteiger partial charge in [-0.15, -0.1) is 0 Å². The Morgan fingerprint density at radius 3 is 2.78 bits per heavy atom. The van der Waals surface area contributed by atoms with Crippen molar-refractivity contribution in [1.29, 1.82) is 0 Å². The first-order valence-corrected chi connectivity index (χ1v) is 2.69. The van der Waals surface area contributed by atoms with Crippen molar-refractivity contribution in [1.82, 2.24) is 4.98 Å². The zero-order valence-corrected chi connectivity index (χ0v) is 4.77. The first kappa shape index (κ1) is 6.26. The van der Waals surface area contributed by atoms with E-state index in [2.05, 4.69) is 4.98 Å². The molecular weight excluding hydrogens is 124 g/mol. The van der Waals surface area contributed by atoms with E-state index in [-0.39, 0.29) is 6.42 Å². The van der Waals surface area contributed by atoms with Gasteiger partial charge in [0.15, 0.2) is 0 Å². The molecule has 0 amide bonds. The maximum absolute atomic E-state index is 11.6. The highest BCUT2D eigenvalue weighted by molar-refractivity contribution is 5.08. The molecule has 1 aromatic heterocycles. The summed E-state index contributed by atoms with van der Waals surface area (Å²) in [6.45, 7) is 0. The predicted octanol–water partition coefficient (Wildman–Crippen LogP) is 1.82. The van der Waals surface area contributed by atoms with Crippen LogP contribution in [-0.4, -0.2) is 11.4 Å². The van der Waals surface area contributed by atoms with Crippen molar-refractivity contribution in [2.75, 3.05) is 0 Å². The van der Waals surface area contributed by atoms with Crippen LogP contribution in [0.5, 0.6) is 0 Å². The highest BCUT2D eigenvalue weighted by atomic mass is 19.3. The van der Waals surface area contributed by atoms with Crippen LogP contribution in [0.4, 0.5) is 8.78 Å². The monoisotopic (exact) mass is 131 g/mol. The van der Waals surface area contributed by atoms with Crippen LogP contribution in [0.25, 0.3) is 0 Å². The zero-order valence-electron chi connectivity index (χ0n) is 4.77. The molecule has 1 N–H and O–H groups in total. The summed E-state index contributed by atoms with van der Waals surface area (Å²) in [5, 5.41) is 0. The van der Waals surface area contributed by atoms with Crippen LogP contribution >= 0.6 is 0 Å². The fourth-order valence-electron chi connectivity index (χ4n) is 0.664. The smallest absolute Gasteiger partial charge is 0.242 e. The predicted molar refractivity (Wildman–Crippen MR) is 30.5 cm³/mol. The minimum Gasteiger partial charge on any atom is -0.367 e. The third-order valence-electron chi connectivity index (χ3n) is 1.05. The molecule has 1 aromatic rings. The molecular formula is C6H7F2N. The highest BCUT2D eigenvalue weighted by Crippen LogP contribution is 2.04. The molecule has 0 unspecified atom stereocenters. The van der Waals surface area contributed by atoms with E-state index in [1.54, 1.807) is 18.5 Å². The van der Waals surface area contributed by atoms with Gasteiger partial charge in [-0.25, -0.2) is 8.78 Å². The fourth-order valence-corrected chi connectivity index (χ4v) is 0.664. The fraction of sp³-hybridized carbons (Fsp3) is 0.333. The molecule has 0 saturated heterocycles. The molecule has 0 atom stereocenters. The number of hydrogen-bond acceptors (Lipinski definition) is 0. The SMILES string of the molecule is FC(F)Cc1cc[nH]c1. The molecule has 0 saturated carbocycles. The van der Waals surface area contributed by atoms with Crippen molar-refractivity contribution in [3.05, 3.63) is 24.0 Å². The Morgan fingerprint density at radius 1 is 1.56 bits per heavy atom. The molecule has 0 aliphatic rings. The second kappa shape index (κ2) is 2.62. The lowest BCUT2D eigenvalue weighted by molar-refractivity contribution is 0.149. The van der Waals surface area contributed by atoms with Crippen molar-refractivity contribution in [3.8, 4) is 0 Å². The van der Waals surface area contributed by atoms with Crippen LogP contribution in [0, 0.1) is 0 Å². The number of rotatable bonds is 2. The van der Waals surface area contributed by atoms with Gasteiger partial charge in [-0.2, -0.15) is 0 Å². The average molecular weight is 131 g/mol. The molecule has 0 aliphatic heterocycles. The number of aromatic amines is 1. The molecule has 0 spiro atoms. The Balaban J connectivity index is 2.48. The number of aromatic nitrogens is 1. The number of hydrogen-bond donors (Lipinski definition) is 1. The average Bonchev–Trinajstić information content (AvgIpc) is 2.15. The van der Waals surface area contributed by atoms with Gasteiger partial charge in [0.2, 0.25) is 6.43 Å². The van der Waals surface area contributed by atoms with Crippen LogP contribution in [0.2, 0.25) is 0 Å². The summed E-state index contributed by atoms with van der Waals surface area (Å²) in [6, 6.07) is 1.64. The van der Waals surface area contributed by atoms with Gasteiger partial charge in [-0.05, 0) is 11.6 Å². The zero-order chi connectivity index (χ0) is 6.69. The Kier molecular flexibility index (Phi) is 1.82. The second-order valence-electron chi connectivity index (χ2n) is 1.81. The van der Waals surface area contributed by atoms with E-state index in [1.807, 2.05) is 0 Å². The van der Waals surface area contributed by atoms with Gasteiger partial charge >= 0.3 is 0 Å². The van der Waals surface area contributed by atoms with Gasteiger partial charge in [0.05, 0.1) is 0 Å². The lowest BCUT2D eigenvalue weighted by Crippen LogP contribution is -1.93. The third-order valence-corrected chi connectivity index (χ3v) is 1.05. The van der Waals surface area contributed by atoms with Gasteiger partial charge in [0.1, 0.15) is 0 Å². The van der Waals surface area contributed by atoms with E-state index in [1.165, 1.54) is 0 Å². The molecule has 0 aromatic carbocycles. The molecule has 50 valence electrons. The van der Waals surface area contributed by atoms with E-state index in [9.17, 15) is 8.78 Å². The lowest BCUT2D eigenvalue weighted by Gasteiger charge is -1.91. The van der Waals surface area contributed by atoms with E-state index in [0.29, 0.717) is 5.56 Å². The molecule has 9 heavy (non-hydrogen) atoms. The van der Waals surface area contributed by atoms with Gasteiger partial charge in [0, 0.05) is 18.8 Å². The number of nitrogens with one attached hydrogen (secondary N) is 1. The maximum Gasteiger partial charge on any atom is 0.242 e. The minimum atomic E-state index is -2.24. The Bertz CT molecular complexity index is 158. The second-order valence-corrected chi connectivity index (χ2v) is 1.81. The van der Waals surface area contributed by atoms with Crippen molar-refractivity contribution >= 4 is 0 Å². The standard InChI is InChI=1S/C6H7F2N/c7-6(8)3-5-1-2-9-4-5/h1-2,4,6,9H,3H2. The molecule has 1 nitrogen and oxygen atoms in total. The van der Waals surface area contributed by atoms with E-state index >= 15 is 0 Å². The van der Waals surface area contributed by atoms with E-state index < -0.39 is 6.43 Å². The van der Waals surface area contributed by atoms with Gasteiger partial charge < -0.3 is 4.98 Å². The molecule has 0 bridgehead atoms. The number of alkyl halides is 2. The summed E-state index contributed by atoms with van der Waals surface area (Å²) >= 11 is 0. The van der Waals surface area contributed by atoms with Crippen molar-refractivity contribution in [2.45, 2.75) is 12.8 Å². The van der Waals surface area contributed by atoms with Crippen molar-refractivity contribution in [3.63, 3.8) is 0 Å². The summed E-state index contributed by atoms with van der Waals surface area (Å²) in [5.41, 5.74) is 0.657. The van der Waals surface area contributed by atoms with Crippen LogP contribution in [-0.2, 0) is 6.42 Å². The Morgan fingerprint density at radius 2 is 2.33 bits per heavy atom. The van der Waals surface area contributed by atoms with Crippen LogP contribution in [0.15, 0.2) is 18.5 Å². The van der Waals surface area contributed by atoms with Crippen LogP contribution < -0.4 is 0 Å². The molecule has 1 heterocycles. The van der Waals surface area contributed by atoms with E-state index in [0.717, 1.165) is 0 Å². The summed E-state index contributed by atoms with van der Waals surface area (Å²) in [4.78, 5) is 2.70. The highest BCUT2D eigenvalue weighted by Gasteiger charge is 2.02. The van der Waals surface area contributed by atoms with Crippen LogP contribution in [0.3, 0.4) is 0 Å². The molecule has 1 rings (SSSR count). The normalized spacial score (nSPS) is 10.6. The Hall–Kier alpha value is -0.860. The number of halogens is 2. The summed E-state index contributed by atoms with van der Waals surface area (Å²) in [6.07, 6.45) is 0.828. The largest absolute Gasteiger partial charge is 0.367 e. The molecule has 0 radical (unpaired) electrons. The third kappa shape index (κ3) is 1.83. The summed E-state index contributed by atoms with van der Waals surface area (Å²) < 4.78 is 23.2. The van der Waals surface area contributed by atoms with Crippen LogP contribution in [0.1, 0.15) is 5.56 Å². The number of H-pyrrole nitrogens is 1. The van der Waals surface area contributed by atoms with Gasteiger partial charge in [0.25, 0.3) is 0 Å². The lowest BCUT2D eigenvalue weighted by atomic mass is 10.2. The van der Waals surface area contributed by atoms with Gasteiger partial charge in [-0.3, -0.25) is 0 Å². The minimum absolute atomic E-state index is 0.149. The van der Waals surface area contributed by atoms with Crippen molar-refractivity contribution < 1.29 is 8.78 Å². The summed E-state index contributed by atoms with van der Waals surface area (Å²) in [5.74, 6) is 0. The molecule has 0 aliphatic carbocycles. The molecule has 3 heteroatoms. The first-order chi connectivity index (χ1) is 4.29. The topological polar surface area (TPSA) is 15.8 Å². The quantitative estimate of drug-likeness (QED) is 0.630. The first-order valence-electron chi connectivity index (χ1n) is 2.69. The van der Waals surface area contributed by atoms with Gasteiger partial charge in [-0.1, -0.05) is 0 Å². The molecule has 0 fully saturated rings. The van der Waals surface area contributed by atoms with E-state index in [4.69, 9.17) is 0 Å².